The summed E-state index contributed by atoms with van der Waals surface area (Å²) in [5.41, 5.74) is 3.96. The number of esters is 1. The second-order valence-corrected chi connectivity index (χ2v) is 7.08. The molecular weight excluding hydrogens is 391 g/mol. The van der Waals surface area contributed by atoms with Gasteiger partial charge < -0.3 is 9.30 Å². The van der Waals surface area contributed by atoms with Crippen molar-refractivity contribution in [2.75, 3.05) is 6.61 Å². The molecule has 0 aliphatic carbocycles. The molecule has 0 radical (unpaired) electrons. The highest BCUT2D eigenvalue weighted by Gasteiger charge is 2.15. The molecule has 4 rings (SSSR count). The summed E-state index contributed by atoms with van der Waals surface area (Å²) < 4.78 is 21.3. The number of nitrogens with zero attached hydrogens (tertiary/aromatic N) is 2. The van der Waals surface area contributed by atoms with Crippen molar-refractivity contribution >= 4 is 22.6 Å². The van der Waals surface area contributed by atoms with E-state index in [4.69, 9.17) is 9.73 Å². The number of ether oxygens (including phenoxy) is 1. The van der Waals surface area contributed by atoms with E-state index in [-0.39, 0.29) is 12.4 Å². The van der Waals surface area contributed by atoms with E-state index >= 15 is 0 Å². The number of halogens is 1. The van der Waals surface area contributed by atoms with E-state index in [1.807, 2.05) is 66.1 Å². The van der Waals surface area contributed by atoms with Crippen LogP contribution in [0.4, 0.5) is 10.1 Å². The van der Waals surface area contributed by atoms with E-state index in [0.29, 0.717) is 28.5 Å². The smallest absolute Gasteiger partial charge is 0.341 e. The third kappa shape index (κ3) is 4.26. The predicted molar refractivity (Wildman–Crippen MR) is 121 cm³/mol. The van der Waals surface area contributed by atoms with Crippen molar-refractivity contribution in [2.24, 2.45) is 4.99 Å². The Balaban J connectivity index is 1.92. The number of aromatic nitrogens is 1. The Morgan fingerprint density at radius 1 is 0.968 bits per heavy atom. The lowest BCUT2D eigenvalue weighted by Gasteiger charge is -2.13. The van der Waals surface area contributed by atoms with Gasteiger partial charge in [-0.15, -0.1) is 0 Å². The molecule has 156 valence electrons. The van der Waals surface area contributed by atoms with E-state index in [9.17, 15) is 9.18 Å². The first-order valence-electron chi connectivity index (χ1n) is 10.3. The quantitative estimate of drug-likeness (QED) is 0.383. The second kappa shape index (κ2) is 8.96. The molecule has 3 aromatic carbocycles. The molecule has 31 heavy (non-hydrogen) atoms. The fourth-order valence-corrected chi connectivity index (χ4v) is 3.61. The Hall–Kier alpha value is -3.73. The number of hydrogen-bond acceptors (Lipinski definition) is 3. The van der Waals surface area contributed by atoms with Gasteiger partial charge >= 0.3 is 5.97 Å². The maximum atomic E-state index is 14.1. The summed E-state index contributed by atoms with van der Waals surface area (Å²) in [5.74, 6) is -0.859. The zero-order chi connectivity index (χ0) is 21.8. The summed E-state index contributed by atoms with van der Waals surface area (Å²) in [5, 5.41) is 0.977. The van der Waals surface area contributed by atoms with E-state index in [0.717, 1.165) is 16.6 Å². The van der Waals surface area contributed by atoms with Gasteiger partial charge in [0.25, 0.3) is 0 Å². The minimum absolute atomic E-state index is 0.247. The number of hydrogen-bond donors (Lipinski definition) is 0. The highest BCUT2D eigenvalue weighted by molar-refractivity contribution is 5.93. The summed E-state index contributed by atoms with van der Waals surface area (Å²) in [6.45, 7) is 4.60. The molecule has 0 saturated heterocycles. The molecule has 0 spiro atoms. The van der Waals surface area contributed by atoms with Crippen LogP contribution < -0.4 is 5.36 Å². The van der Waals surface area contributed by atoms with Crippen LogP contribution in [-0.2, 0) is 11.3 Å². The molecule has 1 aromatic heterocycles. The van der Waals surface area contributed by atoms with Gasteiger partial charge in [0.1, 0.15) is 11.4 Å². The summed E-state index contributed by atoms with van der Waals surface area (Å²) in [7, 11) is 0. The van der Waals surface area contributed by atoms with Crippen molar-refractivity contribution in [3.05, 3.63) is 95.7 Å². The van der Waals surface area contributed by atoms with E-state index in [2.05, 4.69) is 0 Å². The Kier molecular flexibility index (Phi) is 5.94. The first-order chi connectivity index (χ1) is 15.1. The Morgan fingerprint density at radius 3 is 2.35 bits per heavy atom. The Labute approximate surface area is 180 Å². The first kappa shape index (κ1) is 20.5. The van der Waals surface area contributed by atoms with Crippen molar-refractivity contribution in [3.8, 4) is 11.1 Å². The van der Waals surface area contributed by atoms with Crippen molar-refractivity contribution < 1.29 is 13.9 Å². The fraction of sp³-hybridized carbons (Fsp3) is 0.154. The molecule has 0 bridgehead atoms. The van der Waals surface area contributed by atoms with Gasteiger partial charge in [0.15, 0.2) is 0 Å². The normalized spacial score (nSPS) is 11.6. The molecular formula is C26H23FN2O2. The molecule has 4 nitrogen and oxygen atoms in total. The molecule has 0 saturated carbocycles. The van der Waals surface area contributed by atoms with E-state index in [1.54, 1.807) is 19.2 Å². The molecule has 0 aliphatic heterocycles. The van der Waals surface area contributed by atoms with Gasteiger partial charge in [-0.2, -0.15) is 0 Å². The second-order valence-electron chi connectivity index (χ2n) is 7.08. The average molecular weight is 414 g/mol. The molecule has 5 heteroatoms. The molecule has 4 aromatic rings. The first-order valence-corrected chi connectivity index (χ1v) is 10.3. The van der Waals surface area contributed by atoms with E-state index < -0.39 is 5.97 Å². The fourth-order valence-electron chi connectivity index (χ4n) is 3.61. The van der Waals surface area contributed by atoms with Gasteiger partial charge in [-0.1, -0.05) is 42.5 Å². The van der Waals surface area contributed by atoms with Crippen LogP contribution in [0.25, 0.3) is 22.0 Å². The standard InChI is InChI=1S/C26H23FN2O2/c1-3-29-17-23(26(30)31-4-2)25(22-16-20(27)12-15-24(22)29)28-21-13-10-19(11-14-21)18-8-6-5-7-9-18/h5-17H,3-4H2,1-2H3. The van der Waals surface area contributed by atoms with Gasteiger partial charge in [-0.3, -0.25) is 0 Å². The Morgan fingerprint density at radius 2 is 1.68 bits per heavy atom. The molecule has 0 amide bonds. The van der Waals surface area contributed by atoms with Crippen molar-refractivity contribution in [3.63, 3.8) is 0 Å². The van der Waals surface area contributed by atoms with Gasteiger partial charge in [-0.05, 0) is 55.3 Å². The van der Waals surface area contributed by atoms with Crippen LogP contribution in [-0.4, -0.2) is 17.1 Å². The monoisotopic (exact) mass is 414 g/mol. The number of pyridine rings is 1. The summed E-state index contributed by atoms with van der Waals surface area (Å²) in [6, 6.07) is 22.3. The third-order valence-corrected chi connectivity index (χ3v) is 5.11. The lowest BCUT2D eigenvalue weighted by molar-refractivity contribution is 0.0524. The van der Waals surface area contributed by atoms with E-state index in [1.165, 1.54) is 12.1 Å². The molecule has 0 N–H and O–H groups in total. The van der Waals surface area contributed by atoms with Gasteiger partial charge in [0.2, 0.25) is 0 Å². The molecule has 0 aliphatic rings. The van der Waals surface area contributed by atoms with Gasteiger partial charge in [0.05, 0.1) is 23.2 Å². The number of rotatable bonds is 5. The molecule has 0 unspecified atom stereocenters. The lowest BCUT2D eigenvalue weighted by Crippen LogP contribution is -2.22. The number of aryl methyl sites for hydroxylation is 1. The minimum Gasteiger partial charge on any atom is -0.462 e. The summed E-state index contributed by atoms with van der Waals surface area (Å²) in [6.07, 6.45) is 1.73. The van der Waals surface area contributed by atoms with Gasteiger partial charge in [-0.25, -0.2) is 14.2 Å². The van der Waals surface area contributed by atoms with Crippen LogP contribution in [0.5, 0.6) is 0 Å². The maximum Gasteiger partial charge on any atom is 0.341 e. The minimum atomic E-state index is -0.476. The number of fused-ring (bicyclic) bond motifs is 1. The van der Waals surface area contributed by atoms with Crippen LogP contribution in [0.3, 0.4) is 0 Å². The maximum absolute atomic E-state index is 14.1. The average Bonchev–Trinajstić information content (AvgIpc) is 2.80. The van der Waals surface area contributed by atoms with Crippen molar-refractivity contribution in [1.82, 2.24) is 4.57 Å². The van der Waals surface area contributed by atoms with Crippen LogP contribution >= 0.6 is 0 Å². The summed E-state index contributed by atoms with van der Waals surface area (Å²) >= 11 is 0. The lowest BCUT2D eigenvalue weighted by atomic mass is 10.1. The highest BCUT2D eigenvalue weighted by atomic mass is 19.1. The van der Waals surface area contributed by atoms with Crippen LogP contribution in [0.2, 0.25) is 0 Å². The van der Waals surface area contributed by atoms with Crippen LogP contribution in [0, 0.1) is 5.82 Å². The molecule has 0 atom stereocenters. The van der Waals surface area contributed by atoms with Crippen molar-refractivity contribution in [1.29, 1.82) is 0 Å². The zero-order valence-corrected chi connectivity index (χ0v) is 17.5. The van der Waals surface area contributed by atoms with Gasteiger partial charge in [0, 0.05) is 18.1 Å². The van der Waals surface area contributed by atoms with Crippen LogP contribution in [0.1, 0.15) is 24.2 Å². The molecule has 0 fully saturated rings. The highest BCUT2D eigenvalue weighted by Crippen LogP contribution is 2.23. The predicted octanol–water partition coefficient (Wildman–Crippen LogP) is 5.88. The SMILES string of the molecule is CCOC(=O)c1cn(CC)c2ccc(F)cc2c1=Nc1ccc(-c2ccccc2)cc1. The number of benzene rings is 3. The summed E-state index contributed by atoms with van der Waals surface area (Å²) in [4.78, 5) is 17.4. The van der Waals surface area contributed by atoms with Crippen molar-refractivity contribution in [2.45, 2.75) is 20.4 Å². The third-order valence-electron chi connectivity index (χ3n) is 5.11. The number of carbonyl (C=O) groups excluding carboxylic acids is 1. The molecule has 1 heterocycles. The zero-order valence-electron chi connectivity index (χ0n) is 17.5. The number of carbonyl (C=O) groups is 1. The largest absolute Gasteiger partial charge is 0.462 e. The topological polar surface area (TPSA) is 43.6 Å². The van der Waals surface area contributed by atoms with Crippen LogP contribution in [0.15, 0.2) is 84.0 Å². The Bertz CT molecular complexity index is 1290.